The molecule has 112 valence electrons. The number of quaternary nitrogens is 1. The van der Waals surface area contributed by atoms with Gasteiger partial charge in [0.25, 0.3) is 0 Å². The summed E-state index contributed by atoms with van der Waals surface area (Å²) < 4.78 is 1.74. The summed E-state index contributed by atoms with van der Waals surface area (Å²) in [6, 6.07) is 5.43. The Morgan fingerprint density at radius 1 is 1.33 bits per heavy atom. The first-order valence-electron chi connectivity index (χ1n) is 7.19. The second-order valence-corrected chi connectivity index (χ2v) is 6.55. The lowest BCUT2D eigenvalue weighted by Crippen LogP contribution is -3.12. The van der Waals surface area contributed by atoms with Gasteiger partial charge >= 0.3 is 0 Å². The van der Waals surface area contributed by atoms with Crippen molar-refractivity contribution in [2.24, 2.45) is 5.92 Å². The molecule has 1 aliphatic heterocycles. The van der Waals surface area contributed by atoms with E-state index in [4.69, 9.17) is 23.2 Å². The maximum absolute atomic E-state index is 6.07. The predicted molar refractivity (Wildman–Crippen MR) is 82.0 cm³/mol. The third-order valence-corrected chi connectivity index (χ3v) is 4.69. The molecule has 1 N–H and O–H groups in total. The molecule has 1 aliphatic rings. The maximum atomic E-state index is 6.07. The van der Waals surface area contributed by atoms with Gasteiger partial charge in [0.05, 0.1) is 28.8 Å². The highest BCUT2D eigenvalue weighted by atomic mass is 35.5. The minimum absolute atomic E-state index is 0.509. The van der Waals surface area contributed by atoms with E-state index in [2.05, 4.69) is 22.4 Å². The van der Waals surface area contributed by atoms with E-state index in [1.54, 1.807) is 16.8 Å². The van der Waals surface area contributed by atoms with E-state index >= 15 is 0 Å². The molecule has 0 bridgehead atoms. The summed E-state index contributed by atoms with van der Waals surface area (Å²) in [6.45, 7) is 5.49. The van der Waals surface area contributed by atoms with Crippen LogP contribution in [0.4, 0.5) is 0 Å². The summed E-state index contributed by atoms with van der Waals surface area (Å²) in [6.07, 6.45) is 2.59. The predicted octanol–water partition coefficient (Wildman–Crippen LogP) is 1.78. The minimum atomic E-state index is 0.509. The third-order valence-electron chi connectivity index (χ3n) is 3.95. The summed E-state index contributed by atoms with van der Waals surface area (Å²) >= 11 is 12.0. The molecule has 1 unspecified atom stereocenters. The Morgan fingerprint density at radius 3 is 2.95 bits per heavy atom. The fourth-order valence-corrected chi connectivity index (χ4v) is 3.21. The van der Waals surface area contributed by atoms with Crippen molar-refractivity contribution in [3.05, 3.63) is 34.1 Å². The van der Waals surface area contributed by atoms with E-state index in [-0.39, 0.29) is 0 Å². The highest BCUT2D eigenvalue weighted by molar-refractivity contribution is 6.42. The molecule has 1 aromatic heterocycles. The van der Waals surface area contributed by atoms with Crippen molar-refractivity contribution in [1.29, 1.82) is 0 Å². The molecule has 1 saturated heterocycles. The summed E-state index contributed by atoms with van der Waals surface area (Å²) in [5.41, 5.74) is 0.842. The first-order valence-corrected chi connectivity index (χ1v) is 7.95. The number of tetrazole rings is 1. The molecule has 21 heavy (non-hydrogen) atoms. The van der Waals surface area contributed by atoms with Gasteiger partial charge in [-0.3, -0.25) is 0 Å². The Morgan fingerprint density at radius 2 is 2.19 bits per heavy atom. The summed E-state index contributed by atoms with van der Waals surface area (Å²) in [5.74, 6) is 1.63. The van der Waals surface area contributed by atoms with Crippen LogP contribution in [0.3, 0.4) is 0 Å². The molecule has 0 saturated carbocycles. The number of nitrogens with zero attached hydrogens (tertiary/aromatic N) is 4. The summed E-state index contributed by atoms with van der Waals surface area (Å²) in [5, 5.41) is 13.1. The van der Waals surface area contributed by atoms with Crippen LogP contribution in [0.25, 0.3) is 5.69 Å². The van der Waals surface area contributed by atoms with Crippen LogP contribution in [0.1, 0.15) is 25.6 Å². The lowest BCUT2D eigenvalue weighted by atomic mass is 10.0. The van der Waals surface area contributed by atoms with E-state index < -0.39 is 0 Å². The number of likely N-dealkylation sites (tertiary alicyclic amines) is 1. The fourth-order valence-electron chi connectivity index (χ4n) is 2.91. The molecular weight excluding hydrogens is 309 g/mol. The minimum Gasteiger partial charge on any atom is -0.328 e. The molecule has 2 aromatic rings. The number of piperidine rings is 1. The van der Waals surface area contributed by atoms with Crippen LogP contribution in [-0.4, -0.2) is 33.3 Å². The molecule has 7 heteroatoms. The zero-order valence-electron chi connectivity index (χ0n) is 11.9. The molecule has 2 heterocycles. The van der Waals surface area contributed by atoms with Crippen molar-refractivity contribution >= 4 is 23.2 Å². The van der Waals surface area contributed by atoms with Gasteiger partial charge in [-0.25, -0.2) is 0 Å². The average molecular weight is 327 g/mol. The fraction of sp³-hybridized carbons (Fsp3) is 0.500. The van der Waals surface area contributed by atoms with E-state index in [1.807, 2.05) is 6.07 Å². The Balaban J connectivity index is 1.81. The maximum Gasteiger partial charge on any atom is 0.210 e. The molecule has 2 atom stereocenters. The van der Waals surface area contributed by atoms with Crippen molar-refractivity contribution in [2.75, 3.05) is 13.1 Å². The highest BCUT2D eigenvalue weighted by Crippen LogP contribution is 2.24. The second kappa shape index (κ2) is 6.30. The molecule has 3 rings (SSSR count). The Bertz CT molecular complexity index is 628. The Labute approximate surface area is 133 Å². The van der Waals surface area contributed by atoms with Gasteiger partial charge in [0.2, 0.25) is 5.82 Å². The van der Waals surface area contributed by atoms with Gasteiger partial charge in [0.15, 0.2) is 0 Å². The molecule has 0 radical (unpaired) electrons. The quantitative estimate of drug-likeness (QED) is 0.935. The zero-order chi connectivity index (χ0) is 14.8. The van der Waals surface area contributed by atoms with E-state index in [9.17, 15) is 0 Å². The van der Waals surface area contributed by atoms with Gasteiger partial charge < -0.3 is 4.90 Å². The number of nitrogens with one attached hydrogen (secondary N) is 1. The monoisotopic (exact) mass is 326 g/mol. The van der Waals surface area contributed by atoms with Gasteiger partial charge in [-0.05, 0) is 41.5 Å². The molecule has 1 aromatic carbocycles. The molecule has 5 nitrogen and oxygen atoms in total. The van der Waals surface area contributed by atoms with Crippen LogP contribution < -0.4 is 4.90 Å². The number of benzene rings is 1. The molecule has 1 fully saturated rings. The van der Waals surface area contributed by atoms with Gasteiger partial charge in [0, 0.05) is 5.92 Å². The topological polar surface area (TPSA) is 48.0 Å². The smallest absolute Gasteiger partial charge is 0.210 e. The Kier molecular flexibility index (Phi) is 4.42. The van der Waals surface area contributed by atoms with E-state index in [0.717, 1.165) is 24.0 Å². The van der Waals surface area contributed by atoms with Gasteiger partial charge in [-0.1, -0.05) is 30.1 Å². The number of aromatic nitrogens is 4. The van der Waals surface area contributed by atoms with Crippen molar-refractivity contribution in [1.82, 2.24) is 20.2 Å². The van der Waals surface area contributed by atoms with E-state index in [0.29, 0.717) is 10.0 Å². The third kappa shape index (κ3) is 3.36. The zero-order valence-corrected chi connectivity index (χ0v) is 13.4. The van der Waals surface area contributed by atoms with Crippen molar-refractivity contribution < 1.29 is 4.90 Å². The van der Waals surface area contributed by atoms with Crippen LogP contribution in [0.15, 0.2) is 18.2 Å². The number of hydrogen-bond acceptors (Lipinski definition) is 3. The van der Waals surface area contributed by atoms with Gasteiger partial charge in [0.1, 0.15) is 6.54 Å². The summed E-state index contributed by atoms with van der Waals surface area (Å²) in [7, 11) is 0. The SMILES string of the molecule is C[C@H]1CCC[NH+](Cc2nnnn2-c2ccc(Cl)c(Cl)c2)C1. The Hall–Kier alpha value is -1.17. The first kappa shape index (κ1) is 14.8. The van der Waals surface area contributed by atoms with Crippen LogP contribution in [0, 0.1) is 5.92 Å². The normalized spacial score (nSPS) is 22.4. The molecule has 0 aliphatic carbocycles. The second-order valence-electron chi connectivity index (χ2n) is 5.73. The van der Waals surface area contributed by atoms with Crippen LogP contribution in [0.5, 0.6) is 0 Å². The average Bonchev–Trinajstić information content (AvgIpc) is 2.90. The largest absolute Gasteiger partial charge is 0.328 e. The summed E-state index contributed by atoms with van der Waals surface area (Å²) in [4.78, 5) is 1.53. The van der Waals surface area contributed by atoms with Crippen LogP contribution >= 0.6 is 23.2 Å². The molecule has 0 spiro atoms. The molecular formula is C14H18Cl2N5+. The lowest BCUT2D eigenvalue weighted by molar-refractivity contribution is -0.922. The first-order chi connectivity index (χ1) is 10.1. The lowest BCUT2D eigenvalue weighted by Gasteiger charge is -2.27. The van der Waals surface area contributed by atoms with Crippen molar-refractivity contribution in [2.45, 2.75) is 26.3 Å². The number of rotatable bonds is 3. The van der Waals surface area contributed by atoms with Crippen LogP contribution in [0.2, 0.25) is 10.0 Å². The number of hydrogen-bond donors (Lipinski definition) is 1. The molecule has 0 amide bonds. The van der Waals surface area contributed by atoms with Crippen molar-refractivity contribution in [3.8, 4) is 5.69 Å². The van der Waals surface area contributed by atoms with Crippen molar-refractivity contribution in [3.63, 3.8) is 0 Å². The van der Waals surface area contributed by atoms with Gasteiger partial charge in [-0.2, -0.15) is 4.68 Å². The van der Waals surface area contributed by atoms with Gasteiger partial charge in [-0.15, -0.1) is 5.10 Å². The van der Waals surface area contributed by atoms with E-state index in [1.165, 1.54) is 30.8 Å². The standard InChI is InChI=1S/C14H17Cl2N5/c1-10-3-2-6-20(8-10)9-14-17-18-19-21(14)11-4-5-12(15)13(16)7-11/h4-5,7,10H,2-3,6,8-9H2,1H3/p+1/t10-/m0/s1. The highest BCUT2D eigenvalue weighted by Gasteiger charge is 2.22. The number of halogens is 2. The van der Waals surface area contributed by atoms with Crippen LogP contribution in [-0.2, 0) is 6.54 Å².